The third kappa shape index (κ3) is 4.98. The number of amidine groups is 1. The minimum Gasteiger partial charge on any atom is -0.301 e. The van der Waals surface area contributed by atoms with E-state index in [-0.39, 0.29) is 30.1 Å². The molecule has 2 aliphatic rings. The quantitative estimate of drug-likeness (QED) is 0.310. The molecule has 5 rings (SSSR count). The van der Waals surface area contributed by atoms with Crippen LogP contribution in [0.1, 0.15) is 54.1 Å². The molecule has 0 fully saturated rings. The Hall–Kier alpha value is -3.52. The molecule has 1 N–H and O–H groups in total. The lowest BCUT2D eigenvalue weighted by molar-refractivity contribution is -0.137. The first-order valence-corrected chi connectivity index (χ1v) is 13.3. The first-order valence-electron chi connectivity index (χ1n) is 12.5. The first kappa shape index (κ1) is 27.1. The molecule has 1 aliphatic carbocycles. The highest BCUT2D eigenvalue weighted by atomic mass is 79.9. The van der Waals surface area contributed by atoms with E-state index in [2.05, 4.69) is 15.9 Å². The molecule has 0 aromatic heterocycles. The highest BCUT2D eigenvalue weighted by Crippen LogP contribution is 2.52. The van der Waals surface area contributed by atoms with Crippen LogP contribution in [0.25, 0.3) is 0 Å². The lowest BCUT2D eigenvalue weighted by Crippen LogP contribution is -2.51. The predicted molar refractivity (Wildman–Crippen MR) is 148 cm³/mol. The number of halogens is 4. The van der Waals surface area contributed by atoms with Crippen LogP contribution < -0.4 is 4.90 Å². The first-order chi connectivity index (χ1) is 18.4. The predicted octanol–water partition coefficient (Wildman–Crippen LogP) is 8.19. The Morgan fingerprint density at radius 2 is 1.56 bits per heavy atom. The minimum absolute atomic E-state index is 0.188. The van der Waals surface area contributed by atoms with Gasteiger partial charge in [-0.05, 0) is 41.7 Å². The Morgan fingerprint density at radius 1 is 0.949 bits per heavy atom. The van der Waals surface area contributed by atoms with Crippen LogP contribution in [-0.4, -0.2) is 17.4 Å². The topological polar surface area (TPSA) is 61.2 Å². The normalized spacial score (nSPS) is 21.1. The van der Waals surface area contributed by atoms with Crippen molar-refractivity contribution in [2.24, 2.45) is 11.3 Å². The van der Waals surface area contributed by atoms with E-state index in [4.69, 9.17) is 0 Å². The molecule has 0 bridgehead atoms. The molecule has 0 spiro atoms. The summed E-state index contributed by atoms with van der Waals surface area (Å²) in [6.45, 7) is 3.78. The summed E-state index contributed by atoms with van der Waals surface area (Å²) >= 11 is 3.42. The number of nitrogens with one attached hydrogen (secondary N) is 1. The molecule has 0 amide bonds. The van der Waals surface area contributed by atoms with Crippen LogP contribution in [0, 0.1) is 16.7 Å². The van der Waals surface area contributed by atoms with Gasteiger partial charge in [-0.2, -0.15) is 13.2 Å². The molecular formula is C31H26BrF3N2O2. The molecular weight excluding hydrogens is 569 g/mol. The number of nitrogens with zero attached hydrogens (tertiary/aromatic N) is 1. The molecule has 39 heavy (non-hydrogen) atoms. The maximum Gasteiger partial charge on any atom is 0.418 e. The third-order valence-corrected chi connectivity index (χ3v) is 7.90. The van der Waals surface area contributed by atoms with E-state index in [1.54, 1.807) is 54.6 Å². The summed E-state index contributed by atoms with van der Waals surface area (Å²) in [4.78, 5) is 29.2. The molecule has 2 atom stereocenters. The number of hydrogen-bond acceptors (Lipinski definition) is 3. The van der Waals surface area contributed by atoms with E-state index in [0.29, 0.717) is 22.4 Å². The van der Waals surface area contributed by atoms with E-state index in [1.165, 1.54) is 23.1 Å². The van der Waals surface area contributed by atoms with E-state index >= 15 is 0 Å². The molecule has 4 nitrogen and oxygen atoms in total. The van der Waals surface area contributed by atoms with Gasteiger partial charge in [-0.25, -0.2) is 0 Å². The van der Waals surface area contributed by atoms with Gasteiger partial charge in [-0.1, -0.05) is 84.4 Å². The summed E-state index contributed by atoms with van der Waals surface area (Å²) in [5.41, 5.74) is -0.0876. The van der Waals surface area contributed by atoms with Gasteiger partial charge in [0.1, 0.15) is 5.84 Å². The van der Waals surface area contributed by atoms with Gasteiger partial charge < -0.3 is 4.90 Å². The average Bonchev–Trinajstić information content (AvgIpc) is 2.87. The monoisotopic (exact) mass is 594 g/mol. The standard InChI is InChI=1S/C31H26BrF3N2O2/c1-30(2)16-23-26(24(38)17-30)25(18-12-14-20(32)15-13-18)27(28(39)19-8-4-3-5-9-19)29(36)37(23)22-11-7-6-10-21(22)31(33,34)35/h3-15,25,27,36H,16-17H2,1-2H3. The van der Waals surface area contributed by atoms with E-state index < -0.39 is 34.8 Å². The molecule has 3 aromatic rings. The number of anilines is 1. The molecule has 0 saturated carbocycles. The minimum atomic E-state index is -4.70. The number of para-hydroxylation sites is 1. The Balaban J connectivity index is 1.83. The number of allylic oxidation sites excluding steroid dienone is 2. The van der Waals surface area contributed by atoms with Crippen LogP contribution in [0.2, 0.25) is 0 Å². The van der Waals surface area contributed by atoms with Crippen molar-refractivity contribution in [3.05, 3.63) is 111 Å². The molecule has 1 heterocycles. The fourth-order valence-electron chi connectivity index (χ4n) is 5.73. The van der Waals surface area contributed by atoms with Gasteiger partial charge in [0.15, 0.2) is 11.6 Å². The number of benzene rings is 3. The molecule has 8 heteroatoms. The van der Waals surface area contributed by atoms with Gasteiger partial charge in [-0.15, -0.1) is 0 Å². The fourth-order valence-corrected chi connectivity index (χ4v) is 6.00. The SMILES string of the molecule is CC1(C)CC(=O)C2=C(C1)N(c1ccccc1C(F)(F)F)C(=N)C(C(=O)c1ccccc1)C2c1ccc(Br)cc1. The maximum absolute atomic E-state index is 14.2. The van der Waals surface area contributed by atoms with Crippen LogP contribution >= 0.6 is 15.9 Å². The molecule has 2 unspecified atom stereocenters. The van der Waals surface area contributed by atoms with Gasteiger partial charge >= 0.3 is 6.18 Å². The van der Waals surface area contributed by atoms with Crippen LogP contribution in [-0.2, 0) is 11.0 Å². The molecule has 0 radical (unpaired) electrons. The number of carbonyl (C=O) groups excluding carboxylic acids is 2. The van der Waals surface area contributed by atoms with E-state index in [0.717, 1.165) is 10.5 Å². The van der Waals surface area contributed by atoms with Gasteiger partial charge in [0, 0.05) is 33.6 Å². The highest BCUT2D eigenvalue weighted by molar-refractivity contribution is 9.10. The zero-order valence-electron chi connectivity index (χ0n) is 21.4. The van der Waals surface area contributed by atoms with Gasteiger partial charge in [-0.3, -0.25) is 15.0 Å². The summed E-state index contributed by atoms with van der Waals surface area (Å²) in [6, 6.07) is 20.6. The van der Waals surface area contributed by atoms with Crippen LogP contribution in [0.3, 0.4) is 0 Å². The van der Waals surface area contributed by atoms with Crippen LogP contribution in [0.15, 0.2) is 94.6 Å². The molecule has 1 aliphatic heterocycles. The van der Waals surface area contributed by atoms with E-state index in [9.17, 15) is 28.2 Å². The Bertz CT molecular complexity index is 1490. The smallest absolute Gasteiger partial charge is 0.301 e. The number of carbonyl (C=O) groups is 2. The maximum atomic E-state index is 14.2. The average molecular weight is 595 g/mol. The summed E-state index contributed by atoms with van der Waals surface area (Å²) in [5.74, 6) is -2.95. The Labute approximate surface area is 233 Å². The van der Waals surface area contributed by atoms with Crippen molar-refractivity contribution in [2.75, 3.05) is 4.90 Å². The number of hydrogen-bond donors (Lipinski definition) is 1. The van der Waals surface area contributed by atoms with Gasteiger partial charge in [0.05, 0.1) is 17.2 Å². The lowest BCUT2D eigenvalue weighted by Gasteiger charge is -2.47. The number of ketones is 2. The summed E-state index contributed by atoms with van der Waals surface area (Å²) in [5, 5.41) is 9.34. The summed E-state index contributed by atoms with van der Waals surface area (Å²) < 4.78 is 43.5. The summed E-state index contributed by atoms with van der Waals surface area (Å²) in [6.07, 6.45) is -4.23. The van der Waals surface area contributed by atoms with Gasteiger partial charge in [0.2, 0.25) is 0 Å². The fraction of sp³-hybridized carbons (Fsp3) is 0.258. The zero-order valence-corrected chi connectivity index (χ0v) is 22.9. The molecule has 200 valence electrons. The number of alkyl halides is 3. The molecule has 3 aromatic carbocycles. The number of rotatable bonds is 4. The van der Waals surface area contributed by atoms with Crippen molar-refractivity contribution in [3.63, 3.8) is 0 Å². The zero-order chi connectivity index (χ0) is 28.1. The van der Waals surface area contributed by atoms with E-state index in [1.807, 2.05) is 13.8 Å². The van der Waals surface area contributed by atoms with Crippen molar-refractivity contribution < 1.29 is 22.8 Å². The van der Waals surface area contributed by atoms with Crippen molar-refractivity contribution in [1.82, 2.24) is 0 Å². The second-order valence-electron chi connectivity index (χ2n) is 10.8. The van der Waals surface area contributed by atoms with Crippen LogP contribution in [0.4, 0.5) is 18.9 Å². The van der Waals surface area contributed by atoms with Crippen molar-refractivity contribution in [1.29, 1.82) is 5.41 Å². The van der Waals surface area contributed by atoms with Crippen LogP contribution in [0.5, 0.6) is 0 Å². The Morgan fingerprint density at radius 3 is 2.21 bits per heavy atom. The number of Topliss-reactive ketones (excluding diaryl/α,β-unsaturated/α-hetero) is 2. The molecule has 0 saturated heterocycles. The van der Waals surface area contributed by atoms with Crippen molar-refractivity contribution in [2.45, 2.75) is 38.8 Å². The summed E-state index contributed by atoms with van der Waals surface area (Å²) in [7, 11) is 0. The second-order valence-corrected chi connectivity index (χ2v) is 11.7. The van der Waals surface area contributed by atoms with Crippen molar-refractivity contribution in [3.8, 4) is 0 Å². The third-order valence-electron chi connectivity index (χ3n) is 7.37. The lowest BCUT2D eigenvalue weighted by atomic mass is 9.65. The highest BCUT2D eigenvalue weighted by Gasteiger charge is 2.51. The Kier molecular flexibility index (Phi) is 6.87. The largest absolute Gasteiger partial charge is 0.418 e. The second kappa shape index (κ2) is 9.90. The van der Waals surface area contributed by atoms with Gasteiger partial charge in [0.25, 0.3) is 0 Å². The van der Waals surface area contributed by atoms with Crippen molar-refractivity contribution >= 4 is 39.0 Å².